The Balaban J connectivity index is 1.65. The van der Waals surface area contributed by atoms with Gasteiger partial charge in [-0.2, -0.15) is 0 Å². The van der Waals surface area contributed by atoms with Crippen LogP contribution in [-0.2, 0) is 0 Å². The van der Waals surface area contributed by atoms with Crippen LogP contribution in [0.15, 0.2) is 36.7 Å². The zero-order valence-corrected chi connectivity index (χ0v) is 12.1. The van der Waals surface area contributed by atoms with E-state index in [9.17, 15) is 8.78 Å². The van der Waals surface area contributed by atoms with Gasteiger partial charge in [0, 0.05) is 49.1 Å². The van der Waals surface area contributed by atoms with Crippen LogP contribution in [0.5, 0.6) is 0 Å². The maximum absolute atomic E-state index is 14.0. The molecular weight excluding hydrogens is 284 g/mol. The second-order valence-electron chi connectivity index (χ2n) is 6.17. The monoisotopic (exact) mass is 301 g/mol. The summed E-state index contributed by atoms with van der Waals surface area (Å²) in [5.74, 6) is -0.451. The number of nitrogens with zero attached hydrogens (tertiary/aromatic N) is 2. The Morgan fingerprint density at radius 1 is 1.14 bits per heavy atom. The summed E-state index contributed by atoms with van der Waals surface area (Å²) in [7, 11) is 0. The van der Waals surface area contributed by atoms with Crippen LogP contribution in [-0.4, -0.2) is 30.7 Å². The van der Waals surface area contributed by atoms with Crippen LogP contribution in [0, 0.1) is 17.6 Å². The van der Waals surface area contributed by atoms with Crippen molar-refractivity contribution in [2.24, 2.45) is 5.92 Å². The van der Waals surface area contributed by atoms with Gasteiger partial charge < -0.3 is 10.2 Å². The molecule has 22 heavy (non-hydrogen) atoms. The molecular formula is C17H17F2N3. The van der Waals surface area contributed by atoms with E-state index in [0.717, 1.165) is 31.4 Å². The van der Waals surface area contributed by atoms with Crippen molar-refractivity contribution in [3.05, 3.63) is 48.3 Å². The summed E-state index contributed by atoms with van der Waals surface area (Å²) in [6, 6.07) is 6.12. The standard InChI is InChI=1S/C17H17F2N3/c18-13-1-2-16(17(19)5-13)12-4-15(8-20-7-12)22-9-11-3-14(10-22)21-6-11/h1-2,4-5,7-8,11,14,21H,3,6,9-10H2/t11-,14-/m0/s1. The number of halogens is 2. The molecule has 0 amide bonds. The van der Waals surface area contributed by atoms with E-state index >= 15 is 0 Å². The molecule has 3 nitrogen and oxygen atoms in total. The predicted molar refractivity (Wildman–Crippen MR) is 81.7 cm³/mol. The van der Waals surface area contributed by atoms with Crippen molar-refractivity contribution in [2.75, 3.05) is 24.5 Å². The third-order valence-electron chi connectivity index (χ3n) is 4.56. The predicted octanol–water partition coefficient (Wildman–Crippen LogP) is 2.82. The minimum Gasteiger partial charge on any atom is -0.368 e. The minimum atomic E-state index is -0.566. The zero-order valence-electron chi connectivity index (χ0n) is 12.1. The second-order valence-corrected chi connectivity index (χ2v) is 6.17. The van der Waals surface area contributed by atoms with E-state index in [1.165, 1.54) is 18.6 Å². The van der Waals surface area contributed by atoms with Crippen molar-refractivity contribution in [3.63, 3.8) is 0 Å². The van der Waals surface area contributed by atoms with Gasteiger partial charge in [0.15, 0.2) is 0 Å². The van der Waals surface area contributed by atoms with Crippen LogP contribution >= 0.6 is 0 Å². The van der Waals surface area contributed by atoms with Gasteiger partial charge in [0.2, 0.25) is 0 Å². The highest BCUT2D eigenvalue weighted by molar-refractivity contribution is 5.67. The van der Waals surface area contributed by atoms with Crippen LogP contribution in [0.1, 0.15) is 6.42 Å². The molecule has 2 saturated heterocycles. The van der Waals surface area contributed by atoms with Crippen molar-refractivity contribution in [1.29, 1.82) is 0 Å². The molecule has 1 N–H and O–H groups in total. The lowest BCUT2D eigenvalue weighted by Gasteiger charge is -2.32. The second kappa shape index (κ2) is 5.32. The summed E-state index contributed by atoms with van der Waals surface area (Å²) in [6.07, 6.45) is 4.67. The average Bonchev–Trinajstić information content (AvgIpc) is 2.86. The van der Waals surface area contributed by atoms with E-state index in [1.807, 2.05) is 12.3 Å². The van der Waals surface area contributed by atoms with Gasteiger partial charge in [-0.05, 0) is 30.5 Å². The van der Waals surface area contributed by atoms with Crippen molar-refractivity contribution < 1.29 is 8.78 Å². The number of pyridine rings is 1. The molecule has 0 spiro atoms. The molecule has 2 fully saturated rings. The third kappa shape index (κ3) is 2.46. The van der Waals surface area contributed by atoms with Crippen molar-refractivity contribution in [2.45, 2.75) is 12.5 Å². The van der Waals surface area contributed by atoms with E-state index in [1.54, 1.807) is 6.20 Å². The van der Waals surface area contributed by atoms with E-state index < -0.39 is 11.6 Å². The molecule has 2 aromatic rings. The van der Waals surface area contributed by atoms with Gasteiger partial charge in [-0.1, -0.05) is 0 Å². The Hall–Kier alpha value is -2.01. The zero-order chi connectivity index (χ0) is 15.1. The number of aromatic nitrogens is 1. The average molecular weight is 301 g/mol. The molecule has 0 radical (unpaired) electrons. The quantitative estimate of drug-likeness (QED) is 0.924. The number of nitrogens with one attached hydrogen (secondary N) is 1. The van der Waals surface area contributed by atoms with Gasteiger partial charge in [-0.25, -0.2) is 8.78 Å². The van der Waals surface area contributed by atoms with Crippen LogP contribution in [0.4, 0.5) is 14.5 Å². The molecule has 0 saturated carbocycles. The van der Waals surface area contributed by atoms with Gasteiger partial charge in [-0.3, -0.25) is 4.98 Å². The van der Waals surface area contributed by atoms with Crippen molar-refractivity contribution in [1.82, 2.24) is 10.3 Å². The Kier molecular flexibility index (Phi) is 3.30. The smallest absolute Gasteiger partial charge is 0.133 e. The van der Waals surface area contributed by atoms with Gasteiger partial charge in [-0.15, -0.1) is 0 Å². The Bertz CT molecular complexity index is 692. The fraction of sp³-hybridized carbons (Fsp3) is 0.353. The van der Waals surface area contributed by atoms with E-state index in [-0.39, 0.29) is 0 Å². The molecule has 0 aliphatic carbocycles. The SMILES string of the molecule is Fc1ccc(-c2cncc(N3C[C@@H]4CN[C@@H](C4)C3)c2)c(F)c1. The number of piperidine rings is 1. The molecule has 2 aliphatic rings. The first-order valence-corrected chi connectivity index (χ1v) is 7.58. The Morgan fingerprint density at radius 2 is 2.05 bits per heavy atom. The van der Waals surface area contributed by atoms with Crippen LogP contribution in [0.25, 0.3) is 11.1 Å². The number of rotatable bonds is 2. The topological polar surface area (TPSA) is 28.2 Å². The fourth-order valence-electron chi connectivity index (χ4n) is 3.52. The van der Waals surface area contributed by atoms with E-state index in [2.05, 4.69) is 15.2 Å². The van der Waals surface area contributed by atoms with Crippen LogP contribution in [0.2, 0.25) is 0 Å². The Morgan fingerprint density at radius 3 is 2.86 bits per heavy atom. The van der Waals surface area contributed by atoms with Gasteiger partial charge in [0.25, 0.3) is 0 Å². The molecule has 2 bridgehead atoms. The first kappa shape index (κ1) is 13.6. The summed E-state index contributed by atoms with van der Waals surface area (Å²) >= 11 is 0. The molecule has 2 aliphatic heterocycles. The van der Waals surface area contributed by atoms with Crippen LogP contribution in [0.3, 0.4) is 0 Å². The lowest BCUT2D eigenvalue weighted by atomic mass is 9.99. The molecule has 4 rings (SSSR count). The summed E-state index contributed by atoms with van der Waals surface area (Å²) in [5, 5.41) is 3.52. The van der Waals surface area contributed by atoms with E-state index in [4.69, 9.17) is 0 Å². The van der Waals surface area contributed by atoms with E-state index in [0.29, 0.717) is 23.1 Å². The fourth-order valence-corrected chi connectivity index (χ4v) is 3.52. The van der Waals surface area contributed by atoms with Crippen LogP contribution < -0.4 is 10.2 Å². The molecule has 5 heteroatoms. The highest BCUT2D eigenvalue weighted by Gasteiger charge is 2.32. The number of hydrogen-bond donors (Lipinski definition) is 1. The summed E-state index contributed by atoms with van der Waals surface area (Å²) in [5.41, 5.74) is 2.06. The third-order valence-corrected chi connectivity index (χ3v) is 4.56. The molecule has 114 valence electrons. The Labute approximate surface area is 128 Å². The minimum absolute atomic E-state index is 0.383. The molecule has 0 unspecified atom stereocenters. The highest BCUT2D eigenvalue weighted by atomic mass is 19.1. The lowest BCUT2D eigenvalue weighted by molar-refractivity contribution is 0.474. The molecule has 3 heterocycles. The number of fused-ring (bicyclic) bond motifs is 2. The maximum atomic E-state index is 14.0. The number of benzene rings is 1. The van der Waals surface area contributed by atoms with Crippen molar-refractivity contribution in [3.8, 4) is 11.1 Å². The van der Waals surface area contributed by atoms with Gasteiger partial charge >= 0.3 is 0 Å². The first-order valence-electron chi connectivity index (χ1n) is 7.58. The van der Waals surface area contributed by atoms with Gasteiger partial charge in [0.1, 0.15) is 11.6 Å². The normalized spacial score (nSPS) is 23.8. The number of anilines is 1. The summed E-state index contributed by atoms with van der Waals surface area (Å²) in [6.45, 7) is 3.02. The number of hydrogen-bond acceptors (Lipinski definition) is 3. The largest absolute Gasteiger partial charge is 0.368 e. The molecule has 2 atom stereocenters. The molecule has 1 aromatic carbocycles. The lowest BCUT2D eigenvalue weighted by Crippen LogP contribution is -2.41. The summed E-state index contributed by atoms with van der Waals surface area (Å²) < 4.78 is 27.0. The van der Waals surface area contributed by atoms with Crippen molar-refractivity contribution >= 4 is 5.69 Å². The highest BCUT2D eigenvalue weighted by Crippen LogP contribution is 2.30. The first-order chi connectivity index (χ1) is 10.7. The summed E-state index contributed by atoms with van der Waals surface area (Å²) in [4.78, 5) is 6.55. The van der Waals surface area contributed by atoms with Gasteiger partial charge in [0.05, 0.1) is 11.9 Å². The molecule has 1 aromatic heterocycles. The maximum Gasteiger partial charge on any atom is 0.133 e.